The fraction of sp³-hybridized carbons (Fsp3) is 0.481. The second-order valence-corrected chi connectivity index (χ2v) is 9.57. The van der Waals surface area contributed by atoms with E-state index in [1.54, 1.807) is 0 Å². The molecule has 1 fully saturated rings. The third-order valence-electron chi connectivity index (χ3n) is 7.17. The number of piperidine rings is 1. The van der Waals surface area contributed by atoms with E-state index in [2.05, 4.69) is 15.5 Å². The van der Waals surface area contributed by atoms with Crippen molar-refractivity contribution < 1.29 is 22.8 Å². The summed E-state index contributed by atoms with van der Waals surface area (Å²) >= 11 is 0. The van der Waals surface area contributed by atoms with Gasteiger partial charge in [-0.3, -0.25) is 9.59 Å². The molecule has 0 radical (unpaired) electrons. The van der Waals surface area contributed by atoms with E-state index in [0.717, 1.165) is 61.2 Å². The predicted molar refractivity (Wildman–Crippen MR) is 129 cm³/mol. The quantitative estimate of drug-likeness (QED) is 0.543. The van der Waals surface area contributed by atoms with Crippen LogP contribution < -0.4 is 10.6 Å². The molecule has 1 aliphatic carbocycles. The number of nitrogens with one attached hydrogen (secondary N) is 2. The fourth-order valence-corrected chi connectivity index (χ4v) is 5.60. The number of nitrogens with zero attached hydrogens (tertiary/aromatic N) is 1. The van der Waals surface area contributed by atoms with Gasteiger partial charge in [0.15, 0.2) is 0 Å². The molecule has 4 rings (SSSR count). The number of fused-ring (bicyclic) bond motifs is 3. The molecule has 2 aromatic carbocycles. The lowest BCUT2D eigenvalue weighted by Crippen LogP contribution is -2.47. The molecule has 0 spiro atoms. The highest BCUT2D eigenvalue weighted by Crippen LogP contribution is 2.51. The van der Waals surface area contributed by atoms with Crippen LogP contribution in [-0.2, 0) is 15.0 Å². The van der Waals surface area contributed by atoms with Crippen LogP contribution in [0.5, 0.6) is 0 Å². The summed E-state index contributed by atoms with van der Waals surface area (Å²) in [7, 11) is 0. The van der Waals surface area contributed by atoms with Gasteiger partial charge >= 0.3 is 6.18 Å². The molecule has 1 heterocycles. The van der Waals surface area contributed by atoms with Gasteiger partial charge in [0.25, 0.3) is 0 Å². The van der Waals surface area contributed by atoms with Crippen LogP contribution in [0.25, 0.3) is 11.1 Å². The van der Waals surface area contributed by atoms with Gasteiger partial charge in [0.05, 0.1) is 0 Å². The fourth-order valence-electron chi connectivity index (χ4n) is 5.60. The summed E-state index contributed by atoms with van der Waals surface area (Å²) in [5.74, 6) is -0.599. The maximum atomic E-state index is 13.5. The number of rotatable bonds is 8. The molecule has 2 aliphatic rings. The van der Waals surface area contributed by atoms with Crippen molar-refractivity contribution in [2.45, 2.75) is 56.7 Å². The van der Waals surface area contributed by atoms with E-state index in [-0.39, 0.29) is 11.9 Å². The van der Waals surface area contributed by atoms with Crippen LogP contribution in [0.4, 0.5) is 13.2 Å². The van der Waals surface area contributed by atoms with Crippen LogP contribution in [0.15, 0.2) is 48.5 Å². The van der Waals surface area contributed by atoms with Crippen LogP contribution in [0.1, 0.15) is 50.2 Å². The highest BCUT2D eigenvalue weighted by molar-refractivity contribution is 6.00. The lowest BCUT2D eigenvalue weighted by Gasteiger charge is -2.33. The smallest absolute Gasteiger partial charge is 0.354 e. The number of hydrogen-bond donors (Lipinski definition) is 2. The maximum Gasteiger partial charge on any atom is 0.405 e. The Labute approximate surface area is 204 Å². The average Bonchev–Trinajstić information content (AvgIpc) is 3.11. The SMILES string of the molecule is CC(=O)NC1CCN(CCCCC2(C(=O)NCC(F)(F)F)c3ccccc3-c3ccccc32)CC1. The molecule has 1 aliphatic heterocycles. The van der Waals surface area contributed by atoms with Crippen molar-refractivity contribution >= 4 is 11.8 Å². The number of unbranched alkanes of at least 4 members (excludes halogenated alkanes) is 1. The molecule has 8 heteroatoms. The van der Waals surface area contributed by atoms with Crippen LogP contribution in [0, 0.1) is 0 Å². The standard InChI is InChI=1S/C27H32F3N3O2/c1-19(34)32-20-12-16-33(17-13-20)15-7-6-14-26(25(35)31-18-27(28,29)30)23-10-4-2-8-21(23)22-9-3-5-11-24(22)26/h2-5,8-11,20H,6-7,12-18H2,1H3,(H,31,35)(H,32,34). The number of hydrogen-bond acceptors (Lipinski definition) is 3. The minimum absolute atomic E-state index is 0.00493. The second-order valence-electron chi connectivity index (χ2n) is 9.57. The summed E-state index contributed by atoms with van der Waals surface area (Å²) < 4.78 is 39.0. The monoisotopic (exact) mass is 487 g/mol. The molecule has 2 N–H and O–H groups in total. The van der Waals surface area contributed by atoms with E-state index in [9.17, 15) is 22.8 Å². The van der Waals surface area contributed by atoms with Gasteiger partial charge in [-0.1, -0.05) is 55.0 Å². The number of carbonyl (C=O) groups is 2. The zero-order valence-corrected chi connectivity index (χ0v) is 20.0. The van der Waals surface area contributed by atoms with E-state index in [4.69, 9.17) is 0 Å². The van der Waals surface area contributed by atoms with E-state index in [0.29, 0.717) is 12.8 Å². The van der Waals surface area contributed by atoms with Gasteiger partial charge in [0.2, 0.25) is 11.8 Å². The third-order valence-corrected chi connectivity index (χ3v) is 7.17. The molecule has 2 amide bonds. The minimum Gasteiger partial charge on any atom is -0.354 e. The molecule has 0 saturated carbocycles. The van der Waals surface area contributed by atoms with E-state index in [1.165, 1.54) is 6.92 Å². The Morgan fingerprint density at radius 2 is 1.54 bits per heavy atom. The number of alkyl halides is 3. The Hall–Kier alpha value is -2.87. The van der Waals surface area contributed by atoms with Crippen molar-refractivity contribution in [2.24, 2.45) is 0 Å². The molecule has 2 aromatic rings. The molecule has 0 unspecified atom stereocenters. The van der Waals surface area contributed by atoms with Crippen LogP contribution in [0.3, 0.4) is 0 Å². The Balaban J connectivity index is 1.48. The topological polar surface area (TPSA) is 61.4 Å². The van der Waals surface area contributed by atoms with Crippen molar-refractivity contribution in [2.75, 3.05) is 26.2 Å². The average molecular weight is 488 g/mol. The molecule has 35 heavy (non-hydrogen) atoms. The Kier molecular flexibility index (Phi) is 7.50. The summed E-state index contributed by atoms with van der Waals surface area (Å²) in [6.45, 7) is 2.84. The molecular formula is C27H32F3N3O2. The number of amides is 2. The number of likely N-dealkylation sites (tertiary alicyclic amines) is 1. The highest BCUT2D eigenvalue weighted by Gasteiger charge is 2.49. The van der Waals surface area contributed by atoms with Crippen LogP contribution in [-0.4, -0.2) is 55.1 Å². The number of benzene rings is 2. The maximum absolute atomic E-state index is 13.5. The van der Waals surface area contributed by atoms with Crippen LogP contribution >= 0.6 is 0 Å². The van der Waals surface area contributed by atoms with Gasteiger partial charge in [0, 0.05) is 26.1 Å². The largest absolute Gasteiger partial charge is 0.405 e. The first kappa shape index (κ1) is 25.2. The summed E-state index contributed by atoms with van der Waals surface area (Å²) in [6.07, 6.45) is -0.684. The van der Waals surface area contributed by atoms with Crippen LogP contribution in [0.2, 0.25) is 0 Å². The first-order valence-corrected chi connectivity index (χ1v) is 12.2. The van der Waals surface area contributed by atoms with Gasteiger partial charge in [-0.15, -0.1) is 0 Å². The molecular weight excluding hydrogens is 455 g/mol. The van der Waals surface area contributed by atoms with Gasteiger partial charge in [0.1, 0.15) is 12.0 Å². The van der Waals surface area contributed by atoms with Crippen molar-refractivity contribution in [1.29, 1.82) is 0 Å². The number of carbonyl (C=O) groups excluding carboxylic acids is 2. The third kappa shape index (κ3) is 5.53. The minimum atomic E-state index is -4.47. The van der Waals surface area contributed by atoms with Crippen molar-refractivity contribution in [3.63, 3.8) is 0 Å². The summed E-state index contributed by atoms with van der Waals surface area (Å²) in [4.78, 5) is 27.1. The predicted octanol–water partition coefficient (Wildman–Crippen LogP) is 4.40. The zero-order chi connectivity index (χ0) is 25.1. The lowest BCUT2D eigenvalue weighted by molar-refractivity contribution is -0.141. The van der Waals surface area contributed by atoms with Crippen molar-refractivity contribution in [1.82, 2.24) is 15.5 Å². The molecule has 0 atom stereocenters. The van der Waals surface area contributed by atoms with E-state index in [1.807, 2.05) is 48.5 Å². The molecule has 5 nitrogen and oxygen atoms in total. The van der Waals surface area contributed by atoms with Gasteiger partial charge in [-0.05, 0) is 54.5 Å². The molecule has 188 valence electrons. The van der Waals surface area contributed by atoms with Crippen molar-refractivity contribution in [3.8, 4) is 11.1 Å². The summed E-state index contributed by atoms with van der Waals surface area (Å²) in [5.41, 5.74) is 2.22. The lowest BCUT2D eigenvalue weighted by atomic mass is 9.73. The van der Waals surface area contributed by atoms with Crippen molar-refractivity contribution in [3.05, 3.63) is 59.7 Å². The highest BCUT2D eigenvalue weighted by atomic mass is 19.4. The molecule has 0 bridgehead atoms. The Morgan fingerprint density at radius 3 is 2.09 bits per heavy atom. The zero-order valence-electron chi connectivity index (χ0n) is 20.0. The summed E-state index contributed by atoms with van der Waals surface area (Å²) in [6, 6.07) is 15.3. The van der Waals surface area contributed by atoms with E-state index >= 15 is 0 Å². The van der Waals surface area contributed by atoms with E-state index < -0.39 is 24.0 Å². The summed E-state index contributed by atoms with van der Waals surface area (Å²) in [5, 5.41) is 5.16. The molecule has 0 aromatic heterocycles. The first-order valence-electron chi connectivity index (χ1n) is 12.2. The Bertz CT molecular complexity index is 1020. The van der Waals surface area contributed by atoms with Gasteiger partial charge in [-0.25, -0.2) is 0 Å². The Morgan fingerprint density at radius 1 is 0.971 bits per heavy atom. The van der Waals surface area contributed by atoms with Gasteiger partial charge in [-0.2, -0.15) is 13.2 Å². The number of halogens is 3. The second kappa shape index (κ2) is 10.4. The van der Waals surface area contributed by atoms with Gasteiger partial charge < -0.3 is 15.5 Å². The molecule has 1 saturated heterocycles. The first-order chi connectivity index (χ1) is 16.7. The normalized spacial score (nSPS) is 17.5.